The average Bonchev–Trinajstić information content (AvgIpc) is 2.83. The molecule has 0 aromatic heterocycles. The Morgan fingerprint density at radius 3 is 2.11 bits per heavy atom. The summed E-state index contributed by atoms with van der Waals surface area (Å²) in [5, 5.41) is 5.73. The molecule has 0 heterocycles. The molecular weight excluding hydrogens is 495 g/mol. The Morgan fingerprint density at radius 1 is 1.00 bits per heavy atom. The van der Waals surface area contributed by atoms with Crippen molar-refractivity contribution in [3.8, 4) is 0 Å². The van der Waals surface area contributed by atoms with Crippen LogP contribution in [0.1, 0.15) is 65.2 Å². The molecule has 208 valence electrons. The summed E-state index contributed by atoms with van der Waals surface area (Å²) in [5.41, 5.74) is 8.15. The van der Waals surface area contributed by atoms with Gasteiger partial charge in [-0.2, -0.15) is 0 Å². The van der Waals surface area contributed by atoms with E-state index < -0.39 is 31.4 Å². The first kappa shape index (κ1) is 33.8. The molecular formula is C22H41N4O9P. The number of unbranched alkanes of at least 4 members (excludes halogenated alkanes) is 4. The minimum Gasteiger partial charge on any atom is -0.465 e. The van der Waals surface area contributed by atoms with Crippen LogP contribution in [-0.2, 0) is 37.7 Å². The van der Waals surface area contributed by atoms with E-state index in [4.69, 9.17) is 24.3 Å². The Kier molecular flexibility index (Phi) is 20.7. The lowest BCUT2D eigenvalue weighted by Crippen LogP contribution is -2.31. The van der Waals surface area contributed by atoms with E-state index in [1.54, 1.807) is 0 Å². The van der Waals surface area contributed by atoms with E-state index >= 15 is 0 Å². The lowest BCUT2D eigenvalue weighted by molar-refractivity contribution is -0.148. The van der Waals surface area contributed by atoms with Crippen LogP contribution in [0.2, 0.25) is 0 Å². The van der Waals surface area contributed by atoms with Gasteiger partial charge in [0.1, 0.15) is 6.61 Å². The van der Waals surface area contributed by atoms with Crippen LogP contribution >= 0.6 is 7.60 Å². The number of carbonyl (C=O) groups excluding carboxylic acids is 3. The SMILES string of the molecule is CCCCCC(=O)OCC(COC(=O)CCCCC)CP(=O)(O)OCCNC(=O)COCCN=[N+]=[N-]. The minimum absolute atomic E-state index is 0.0351. The topological polar surface area (TPSA) is 186 Å². The first-order chi connectivity index (χ1) is 17.2. The van der Waals surface area contributed by atoms with Crippen LogP contribution in [0.3, 0.4) is 0 Å². The Labute approximate surface area is 212 Å². The standard InChI is InChI=1S/C22H41N4O9P/c1-3-5-7-9-21(28)33-15-19(16-34-22(29)10-8-6-4-2)18-36(30,31)35-14-11-24-20(27)17-32-13-12-25-26-23/h19H,3-18H2,1-2H3,(H,24,27)(H,30,31). The highest BCUT2D eigenvalue weighted by Gasteiger charge is 2.27. The van der Waals surface area contributed by atoms with Gasteiger partial charge in [0.25, 0.3) is 0 Å². The molecule has 0 aliphatic carbocycles. The highest BCUT2D eigenvalue weighted by molar-refractivity contribution is 7.52. The molecule has 0 aromatic rings. The third-order valence-electron chi connectivity index (χ3n) is 4.77. The maximum absolute atomic E-state index is 12.5. The van der Waals surface area contributed by atoms with Gasteiger partial charge >= 0.3 is 19.5 Å². The summed E-state index contributed by atoms with van der Waals surface area (Å²) in [6.45, 7) is 3.34. The minimum atomic E-state index is -4.13. The van der Waals surface area contributed by atoms with E-state index in [1.807, 2.05) is 13.8 Å². The number of hydrogen-bond acceptors (Lipinski definition) is 9. The molecule has 14 heteroatoms. The molecule has 0 saturated heterocycles. The van der Waals surface area contributed by atoms with Gasteiger partial charge in [-0.25, -0.2) is 0 Å². The average molecular weight is 537 g/mol. The third kappa shape index (κ3) is 21.1. The molecule has 13 nitrogen and oxygen atoms in total. The fraction of sp³-hybridized carbons (Fsp3) is 0.864. The van der Waals surface area contributed by atoms with Gasteiger partial charge in [-0.05, 0) is 18.4 Å². The van der Waals surface area contributed by atoms with Crippen molar-refractivity contribution in [1.82, 2.24) is 5.32 Å². The van der Waals surface area contributed by atoms with Crippen LogP contribution in [0.15, 0.2) is 5.11 Å². The van der Waals surface area contributed by atoms with Gasteiger partial charge in [0.2, 0.25) is 5.91 Å². The normalized spacial score (nSPS) is 12.4. The Morgan fingerprint density at radius 2 is 1.58 bits per heavy atom. The van der Waals surface area contributed by atoms with Crippen molar-refractivity contribution in [2.24, 2.45) is 11.0 Å². The first-order valence-electron chi connectivity index (χ1n) is 12.4. The summed E-state index contributed by atoms with van der Waals surface area (Å²) in [4.78, 5) is 48.3. The van der Waals surface area contributed by atoms with Crippen molar-refractivity contribution in [3.05, 3.63) is 10.4 Å². The van der Waals surface area contributed by atoms with Gasteiger partial charge in [0.15, 0.2) is 0 Å². The molecule has 0 aliphatic heterocycles. The van der Waals surface area contributed by atoms with Crippen molar-refractivity contribution in [2.75, 3.05) is 52.3 Å². The van der Waals surface area contributed by atoms with Crippen molar-refractivity contribution in [1.29, 1.82) is 0 Å². The van der Waals surface area contributed by atoms with E-state index in [0.29, 0.717) is 12.8 Å². The van der Waals surface area contributed by atoms with Gasteiger partial charge < -0.3 is 28.9 Å². The monoisotopic (exact) mass is 536 g/mol. The van der Waals surface area contributed by atoms with Crippen LogP contribution < -0.4 is 5.32 Å². The molecule has 0 rings (SSSR count). The summed E-state index contributed by atoms with van der Waals surface area (Å²) in [5.74, 6) is -2.01. The second kappa shape index (κ2) is 22.1. The first-order valence-corrected chi connectivity index (χ1v) is 14.1. The number of rotatable bonds is 23. The Bertz CT molecular complexity index is 706. The Hall–Kier alpha value is -2.17. The molecule has 1 atom stereocenters. The van der Waals surface area contributed by atoms with Gasteiger partial charge in [-0.15, -0.1) is 0 Å². The van der Waals surface area contributed by atoms with Crippen LogP contribution in [0.4, 0.5) is 0 Å². The molecule has 0 bridgehead atoms. The van der Waals surface area contributed by atoms with E-state index in [9.17, 15) is 23.8 Å². The quantitative estimate of drug-likeness (QED) is 0.0492. The molecule has 0 fully saturated rings. The number of amides is 1. The zero-order valence-corrected chi connectivity index (χ0v) is 22.3. The van der Waals surface area contributed by atoms with Crippen molar-refractivity contribution >= 4 is 25.4 Å². The van der Waals surface area contributed by atoms with Gasteiger partial charge in [-0.3, -0.25) is 18.9 Å². The summed E-state index contributed by atoms with van der Waals surface area (Å²) in [6, 6.07) is 0. The molecule has 36 heavy (non-hydrogen) atoms. The van der Waals surface area contributed by atoms with E-state index in [-0.39, 0.29) is 65.1 Å². The summed E-state index contributed by atoms with van der Waals surface area (Å²) in [6.07, 6.45) is 5.21. The highest BCUT2D eigenvalue weighted by atomic mass is 31.2. The maximum atomic E-state index is 12.5. The second-order valence-electron chi connectivity index (χ2n) is 8.16. The maximum Gasteiger partial charge on any atom is 0.328 e. The number of ether oxygens (including phenoxy) is 3. The van der Waals surface area contributed by atoms with Gasteiger partial charge in [-0.1, -0.05) is 44.6 Å². The number of esters is 2. The molecule has 0 spiro atoms. The number of nitrogens with zero attached hydrogens (tertiary/aromatic N) is 3. The van der Waals surface area contributed by atoms with Gasteiger partial charge in [0, 0.05) is 36.8 Å². The second-order valence-corrected chi connectivity index (χ2v) is 10.1. The fourth-order valence-corrected chi connectivity index (χ4v) is 4.23. The smallest absolute Gasteiger partial charge is 0.328 e. The third-order valence-corrected chi connectivity index (χ3v) is 6.33. The molecule has 0 radical (unpaired) electrons. The zero-order chi connectivity index (χ0) is 27.1. The zero-order valence-electron chi connectivity index (χ0n) is 21.4. The number of azide groups is 1. The molecule has 0 aromatic carbocycles. The van der Waals surface area contributed by atoms with E-state index in [2.05, 4.69) is 15.3 Å². The lowest BCUT2D eigenvalue weighted by Gasteiger charge is -2.20. The molecule has 1 unspecified atom stereocenters. The predicted octanol–water partition coefficient (Wildman–Crippen LogP) is 3.49. The lowest BCUT2D eigenvalue weighted by atomic mass is 10.2. The molecule has 0 saturated carbocycles. The van der Waals surface area contributed by atoms with Gasteiger partial charge in [0.05, 0.1) is 32.6 Å². The summed E-state index contributed by atoms with van der Waals surface area (Å²) >= 11 is 0. The van der Waals surface area contributed by atoms with Crippen molar-refractivity contribution in [2.45, 2.75) is 65.2 Å². The number of carbonyl (C=O) groups is 3. The molecule has 0 aliphatic rings. The van der Waals surface area contributed by atoms with Crippen molar-refractivity contribution < 1.29 is 42.6 Å². The predicted molar refractivity (Wildman–Crippen MR) is 132 cm³/mol. The van der Waals surface area contributed by atoms with E-state index in [1.165, 1.54) is 0 Å². The van der Waals surface area contributed by atoms with Crippen LogP contribution in [0, 0.1) is 5.92 Å². The number of nitrogens with one attached hydrogen (secondary N) is 1. The van der Waals surface area contributed by atoms with Crippen molar-refractivity contribution in [3.63, 3.8) is 0 Å². The summed E-state index contributed by atoms with van der Waals surface area (Å²) < 4.78 is 33.0. The summed E-state index contributed by atoms with van der Waals surface area (Å²) in [7, 11) is -4.13. The molecule has 1 amide bonds. The number of hydrogen-bond donors (Lipinski definition) is 2. The van der Waals surface area contributed by atoms with Crippen LogP contribution in [-0.4, -0.2) is 75.0 Å². The fourth-order valence-electron chi connectivity index (χ4n) is 2.88. The Balaban J connectivity index is 4.57. The van der Waals surface area contributed by atoms with Crippen LogP contribution in [0.25, 0.3) is 10.4 Å². The molecule has 2 N–H and O–H groups in total. The van der Waals surface area contributed by atoms with Crippen LogP contribution in [0.5, 0.6) is 0 Å². The van der Waals surface area contributed by atoms with E-state index in [0.717, 1.165) is 25.7 Å². The highest BCUT2D eigenvalue weighted by Crippen LogP contribution is 2.43. The largest absolute Gasteiger partial charge is 0.465 e.